The number of hydrogen-bond donors (Lipinski definition) is 0. The van der Waals surface area contributed by atoms with E-state index in [2.05, 4.69) is 12.1 Å². The van der Waals surface area contributed by atoms with Gasteiger partial charge in [0.1, 0.15) is 5.60 Å². The predicted octanol–water partition coefficient (Wildman–Crippen LogP) is 2.31. The summed E-state index contributed by atoms with van der Waals surface area (Å²) < 4.78 is 5.45. The molecule has 0 fully saturated rings. The lowest BCUT2D eigenvalue weighted by Gasteiger charge is -2.27. The standard InChI is InChI=1S/C14H23NO2Si/c1-5-14(2,3)17-13(16)15(4)12-8-6-11(10-18)7-9-12/h6-9H,5,10H2,1-4,18H3. The number of amides is 1. The van der Waals surface area contributed by atoms with Gasteiger partial charge in [-0.2, -0.15) is 0 Å². The van der Waals surface area contributed by atoms with Gasteiger partial charge in [-0.1, -0.05) is 24.6 Å². The third kappa shape index (κ3) is 3.87. The lowest BCUT2D eigenvalue weighted by atomic mass is 10.1. The molecule has 18 heavy (non-hydrogen) atoms. The van der Waals surface area contributed by atoms with E-state index in [0.29, 0.717) is 0 Å². The van der Waals surface area contributed by atoms with E-state index in [4.69, 9.17) is 4.74 Å². The lowest BCUT2D eigenvalue weighted by molar-refractivity contribution is 0.0419. The summed E-state index contributed by atoms with van der Waals surface area (Å²) in [5.74, 6) is 0. The molecule has 1 aromatic rings. The number of carbonyl (C=O) groups excluding carboxylic acids is 1. The minimum absolute atomic E-state index is 0.305. The van der Waals surface area contributed by atoms with Crippen LogP contribution in [0, 0.1) is 0 Å². The van der Waals surface area contributed by atoms with Gasteiger partial charge in [-0.3, -0.25) is 4.90 Å². The van der Waals surface area contributed by atoms with Crippen molar-refractivity contribution >= 4 is 22.0 Å². The molecule has 100 valence electrons. The normalized spacial score (nSPS) is 11.3. The van der Waals surface area contributed by atoms with E-state index in [0.717, 1.165) is 28.4 Å². The second-order valence-corrected chi connectivity index (χ2v) is 5.77. The molecular formula is C14H23NO2Si. The summed E-state index contributed by atoms with van der Waals surface area (Å²) in [6.45, 7) is 5.85. The van der Waals surface area contributed by atoms with E-state index < -0.39 is 5.60 Å². The maximum Gasteiger partial charge on any atom is 0.414 e. The number of ether oxygens (including phenoxy) is 1. The molecule has 0 heterocycles. The van der Waals surface area contributed by atoms with Gasteiger partial charge in [0.2, 0.25) is 0 Å². The summed E-state index contributed by atoms with van der Waals surface area (Å²) in [4.78, 5) is 13.5. The van der Waals surface area contributed by atoms with E-state index in [-0.39, 0.29) is 6.09 Å². The summed E-state index contributed by atoms with van der Waals surface area (Å²) in [6, 6.07) is 9.20. The summed E-state index contributed by atoms with van der Waals surface area (Å²) in [5.41, 5.74) is 1.77. The molecule has 3 nitrogen and oxygen atoms in total. The third-order valence-corrected chi connectivity index (χ3v) is 4.04. The van der Waals surface area contributed by atoms with Crippen molar-refractivity contribution in [3.63, 3.8) is 0 Å². The first-order valence-corrected chi connectivity index (χ1v) is 7.86. The molecular weight excluding hydrogens is 242 g/mol. The number of benzene rings is 1. The smallest absolute Gasteiger partial charge is 0.414 e. The number of anilines is 1. The van der Waals surface area contributed by atoms with E-state index in [1.54, 1.807) is 11.9 Å². The highest BCUT2D eigenvalue weighted by atomic mass is 28.1. The molecule has 0 bridgehead atoms. The van der Waals surface area contributed by atoms with E-state index >= 15 is 0 Å². The van der Waals surface area contributed by atoms with Crippen molar-refractivity contribution in [2.45, 2.75) is 38.8 Å². The van der Waals surface area contributed by atoms with Gasteiger partial charge in [0.25, 0.3) is 0 Å². The van der Waals surface area contributed by atoms with E-state index in [9.17, 15) is 4.79 Å². The fourth-order valence-corrected chi connectivity index (χ4v) is 1.91. The number of nitrogens with zero attached hydrogens (tertiary/aromatic N) is 1. The van der Waals surface area contributed by atoms with Gasteiger partial charge >= 0.3 is 6.09 Å². The molecule has 1 aromatic carbocycles. The molecule has 0 aliphatic heterocycles. The van der Waals surface area contributed by atoms with Crippen LogP contribution >= 0.6 is 0 Å². The highest BCUT2D eigenvalue weighted by Crippen LogP contribution is 2.19. The Hall–Kier alpha value is -1.29. The van der Waals surface area contributed by atoms with Gasteiger partial charge in [0, 0.05) is 23.0 Å². The predicted molar refractivity (Wildman–Crippen MR) is 79.3 cm³/mol. The van der Waals surface area contributed by atoms with Crippen molar-refractivity contribution < 1.29 is 9.53 Å². The summed E-state index contributed by atoms with van der Waals surface area (Å²) in [5, 5.41) is 0. The van der Waals surface area contributed by atoms with Crippen molar-refractivity contribution in [1.29, 1.82) is 0 Å². The van der Waals surface area contributed by atoms with Crippen molar-refractivity contribution in [3.05, 3.63) is 29.8 Å². The van der Waals surface area contributed by atoms with Gasteiger partial charge in [-0.05, 0) is 38.4 Å². The average molecular weight is 265 g/mol. The number of rotatable bonds is 4. The molecule has 0 radical (unpaired) electrons. The Kier molecular flexibility index (Phi) is 4.96. The first-order valence-electron chi connectivity index (χ1n) is 6.45. The summed E-state index contributed by atoms with van der Waals surface area (Å²) >= 11 is 0. The molecule has 0 aliphatic rings. The molecule has 4 heteroatoms. The third-order valence-electron chi connectivity index (χ3n) is 3.22. The molecule has 0 aliphatic carbocycles. The van der Waals surface area contributed by atoms with Crippen LogP contribution in [-0.4, -0.2) is 29.0 Å². The van der Waals surface area contributed by atoms with Crippen LogP contribution in [0.2, 0.25) is 0 Å². The molecule has 0 N–H and O–H groups in total. The Balaban J connectivity index is 2.73. The molecule has 0 spiro atoms. The van der Waals surface area contributed by atoms with Crippen LogP contribution in [0.25, 0.3) is 0 Å². The zero-order chi connectivity index (χ0) is 13.8. The van der Waals surface area contributed by atoms with Gasteiger partial charge < -0.3 is 4.74 Å². The largest absolute Gasteiger partial charge is 0.443 e. The fraction of sp³-hybridized carbons (Fsp3) is 0.500. The van der Waals surface area contributed by atoms with Crippen LogP contribution in [0.5, 0.6) is 0 Å². The average Bonchev–Trinajstić information content (AvgIpc) is 2.37. The molecule has 0 unspecified atom stereocenters. The highest BCUT2D eigenvalue weighted by molar-refractivity contribution is 6.08. The zero-order valence-electron chi connectivity index (χ0n) is 12.0. The minimum Gasteiger partial charge on any atom is -0.443 e. The van der Waals surface area contributed by atoms with Crippen molar-refractivity contribution in [2.75, 3.05) is 11.9 Å². The highest BCUT2D eigenvalue weighted by Gasteiger charge is 2.23. The monoisotopic (exact) mass is 265 g/mol. The summed E-state index contributed by atoms with van der Waals surface area (Å²) in [6.07, 6.45) is 0.492. The Morgan fingerprint density at radius 2 is 1.89 bits per heavy atom. The Morgan fingerprint density at radius 3 is 2.33 bits per heavy atom. The second-order valence-electron chi connectivity index (χ2n) is 5.06. The number of hydrogen-bond acceptors (Lipinski definition) is 2. The molecule has 0 aromatic heterocycles. The van der Waals surface area contributed by atoms with Crippen molar-refractivity contribution in [3.8, 4) is 0 Å². The first kappa shape index (κ1) is 14.8. The minimum atomic E-state index is -0.416. The maximum absolute atomic E-state index is 12.0. The topological polar surface area (TPSA) is 29.5 Å². The molecule has 0 saturated heterocycles. The molecule has 0 atom stereocenters. The second kappa shape index (κ2) is 6.04. The van der Waals surface area contributed by atoms with Crippen LogP contribution in [-0.2, 0) is 10.8 Å². The van der Waals surface area contributed by atoms with E-state index in [1.807, 2.05) is 32.9 Å². The Labute approximate surface area is 113 Å². The first-order chi connectivity index (χ1) is 8.39. The molecule has 1 rings (SSSR count). The van der Waals surface area contributed by atoms with Gasteiger partial charge in [-0.15, -0.1) is 0 Å². The fourth-order valence-electron chi connectivity index (χ4n) is 1.44. The quantitative estimate of drug-likeness (QED) is 0.782. The van der Waals surface area contributed by atoms with Crippen LogP contribution < -0.4 is 4.90 Å². The van der Waals surface area contributed by atoms with Crippen molar-refractivity contribution in [1.82, 2.24) is 0 Å². The van der Waals surface area contributed by atoms with Gasteiger partial charge in [0.05, 0.1) is 0 Å². The number of carbonyl (C=O) groups is 1. The molecule has 0 saturated carbocycles. The van der Waals surface area contributed by atoms with Crippen LogP contribution in [0.15, 0.2) is 24.3 Å². The maximum atomic E-state index is 12.0. The van der Waals surface area contributed by atoms with Crippen LogP contribution in [0.1, 0.15) is 32.8 Å². The lowest BCUT2D eigenvalue weighted by Crippen LogP contribution is -2.35. The van der Waals surface area contributed by atoms with E-state index in [1.165, 1.54) is 5.56 Å². The Bertz CT molecular complexity index is 401. The summed E-state index contributed by atoms with van der Waals surface area (Å²) in [7, 11) is 2.90. The van der Waals surface area contributed by atoms with Crippen LogP contribution in [0.4, 0.5) is 10.5 Å². The Morgan fingerprint density at radius 1 is 1.33 bits per heavy atom. The zero-order valence-corrected chi connectivity index (χ0v) is 14.0. The van der Waals surface area contributed by atoms with Gasteiger partial charge in [-0.25, -0.2) is 4.79 Å². The van der Waals surface area contributed by atoms with Gasteiger partial charge in [0.15, 0.2) is 0 Å². The SMILES string of the molecule is CCC(C)(C)OC(=O)N(C)c1ccc(C[SiH3])cc1. The van der Waals surface area contributed by atoms with Crippen molar-refractivity contribution in [2.24, 2.45) is 0 Å². The molecule has 1 amide bonds. The van der Waals surface area contributed by atoms with Crippen LogP contribution in [0.3, 0.4) is 0 Å².